The van der Waals surface area contributed by atoms with E-state index in [-0.39, 0.29) is 11.8 Å². The second-order valence-corrected chi connectivity index (χ2v) is 4.25. The molecule has 0 aliphatic carbocycles. The Bertz CT molecular complexity index is 267. The molecule has 16 heavy (non-hydrogen) atoms. The molecule has 0 saturated carbocycles. The molecule has 0 bridgehead atoms. The lowest BCUT2D eigenvalue weighted by atomic mass is 10.0. The average Bonchev–Trinajstić information content (AvgIpc) is 2.63. The Morgan fingerprint density at radius 3 is 2.69 bits per heavy atom. The summed E-state index contributed by atoms with van der Waals surface area (Å²) in [7, 11) is 0. The zero-order chi connectivity index (χ0) is 12.1. The molecular weight excluding hydrogens is 210 g/mol. The van der Waals surface area contributed by atoms with Crippen molar-refractivity contribution in [3.63, 3.8) is 0 Å². The van der Waals surface area contributed by atoms with Gasteiger partial charge in [-0.05, 0) is 18.8 Å². The van der Waals surface area contributed by atoms with Crippen molar-refractivity contribution in [2.24, 2.45) is 5.92 Å². The van der Waals surface area contributed by atoms with Gasteiger partial charge in [0.25, 0.3) is 0 Å². The van der Waals surface area contributed by atoms with Crippen LogP contribution in [0, 0.1) is 5.92 Å². The zero-order valence-corrected chi connectivity index (χ0v) is 9.73. The van der Waals surface area contributed by atoms with Crippen LogP contribution in [0.25, 0.3) is 0 Å². The summed E-state index contributed by atoms with van der Waals surface area (Å²) >= 11 is 0. The Morgan fingerprint density at radius 1 is 1.56 bits per heavy atom. The van der Waals surface area contributed by atoms with E-state index >= 15 is 0 Å². The number of hydrogen-bond donors (Lipinski definition) is 2. The third-order valence-corrected chi connectivity index (χ3v) is 2.84. The highest BCUT2D eigenvalue weighted by Gasteiger charge is 2.32. The van der Waals surface area contributed by atoms with Gasteiger partial charge in [-0.2, -0.15) is 0 Å². The minimum Gasteiger partial charge on any atom is -0.480 e. The lowest BCUT2D eigenvalue weighted by Crippen LogP contribution is -2.46. The minimum absolute atomic E-state index is 0.163. The molecule has 2 N–H and O–H groups in total. The van der Waals surface area contributed by atoms with Crippen LogP contribution in [-0.4, -0.2) is 35.7 Å². The predicted octanol–water partition coefficient (Wildman–Crippen LogP) is 0.781. The quantitative estimate of drug-likeness (QED) is 0.730. The molecule has 0 spiro atoms. The van der Waals surface area contributed by atoms with Crippen LogP contribution in [0.3, 0.4) is 0 Å². The highest BCUT2D eigenvalue weighted by atomic mass is 16.5. The molecule has 5 nitrogen and oxygen atoms in total. The van der Waals surface area contributed by atoms with E-state index < -0.39 is 18.1 Å². The van der Waals surface area contributed by atoms with Crippen molar-refractivity contribution in [1.29, 1.82) is 0 Å². The molecule has 1 fully saturated rings. The number of carboxylic acid groups (broad SMARTS) is 1. The van der Waals surface area contributed by atoms with Crippen LogP contribution >= 0.6 is 0 Å². The van der Waals surface area contributed by atoms with Crippen molar-refractivity contribution in [2.45, 2.75) is 45.3 Å². The molecule has 0 aromatic heterocycles. The van der Waals surface area contributed by atoms with Crippen LogP contribution in [0.5, 0.6) is 0 Å². The maximum atomic E-state index is 11.7. The van der Waals surface area contributed by atoms with Gasteiger partial charge in [-0.25, -0.2) is 4.79 Å². The third kappa shape index (κ3) is 3.20. The number of carbonyl (C=O) groups excluding carboxylic acids is 1. The van der Waals surface area contributed by atoms with E-state index in [2.05, 4.69) is 5.32 Å². The predicted molar refractivity (Wildman–Crippen MR) is 58.0 cm³/mol. The van der Waals surface area contributed by atoms with Gasteiger partial charge in [0.15, 0.2) is 0 Å². The Labute approximate surface area is 95.2 Å². The molecule has 3 atom stereocenters. The maximum absolute atomic E-state index is 11.7. The average molecular weight is 229 g/mol. The van der Waals surface area contributed by atoms with Crippen LogP contribution < -0.4 is 5.32 Å². The van der Waals surface area contributed by atoms with E-state index in [1.54, 1.807) is 0 Å². The number of hydrogen-bond acceptors (Lipinski definition) is 3. The lowest BCUT2D eigenvalue weighted by Gasteiger charge is -2.18. The first-order valence-corrected chi connectivity index (χ1v) is 5.71. The van der Waals surface area contributed by atoms with Crippen LogP contribution in [0.2, 0.25) is 0 Å². The van der Waals surface area contributed by atoms with Crippen LogP contribution in [0.1, 0.15) is 33.1 Å². The van der Waals surface area contributed by atoms with Gasteiger partial charge in [-0.1, -0.05) is 20.3 Å². The summed E-state index contributed by atoms with van der Waals surface area (Å²) in [5, 5.41) is 11.4. The summed E-state index contributed by atoms with van der Waals surface area (Å²) in [6.07, 6.45) is 1.53. The second kappa shape index (κ2) is 5.84. The van der Waals surface area contributed by atoms with Gasteiger partial charge in [0.05, 0.1) is 0 Å². The normalized spacial score (nSPS) is 26.4. The molecule has 1 heterocycles. The monoisotopic (exact) mass is 229 g/mol. The van der Waals surface area contributed by atoms with Crippen LogP contribution in [-0.2, 0) is 14.3 Å². The summed E-state index contributed by atoms with van der Waals surface area (Å²) in [5.41, 5.74) is 0. The molecule has 92 valence electrons. The standard InChI is InChI=1S/C11H19NO4/c1-3-4-8(11(14)15)12-10(13)9-7(2)5-6-16-9/h7-9H,3-6H2,1-2H3,(H,12,13)(H,14,15)/t7?,8-,9?/m0/s1. The first-order valence-electron chi connectivity index (χ1n) is 5.71. The topological polar surface area (TPSA) is 75.6 Å². The molecule has 0 aromatic carbocycles. The van der Waals surface area contributed by atoms with E-state index in [4.69, 9.17) is 9.84 Å². The fourth-order valence-electron chi connectivity index (χ4n) is 1.83. The Hall–Kier alpha value is -1.10. The molecule has 5 heteroatoms. The fourth-order valence-corrected chi connectivity index (χ4v) is 1.83. The number of carbonyl (C=O) groups is 2. The Morgan fingerprint density at radius 2 is 2.25 bits per heavy atom. The SMILES string of the molecule is CCC[C@H](NC(=O)C1OCCC1C)C(=O)O. The van der Waals surface area contributed by atoms with Gasteiger partial charge >= 0.3 is 5.97 Å². The lowest BCUT2D eigenvalue weighted by molar-refractivity contribution is -0.144. The van der Waals surface area contributed by atoms with E-state index in [1.807, 2.05) is 13.8 Å². The molecular formula is C11H19NO4. The maximum Gasteiger partial charge on any atom is 0.326 e. The fraction of sp³-hybridized carbons (Fsp3) is 0.818. The number of ether oxygens (including phenoxy) is 1. The van der Waals surface area contributed by atoms with Gasteiger partial charge < -0.3 is 15.2 Å². The van der Waals surface area contributed by atoms with Crippen molar-refractivity contribution >= 4 is 11.9 Å². The van der Waals surface area contributed by atoms with Crippen molar-refractivity contribution < 1.29 is 19.4 Å². The summed E-state index contributed by atoms with van der Waals surface area (Å²) in [4.78, 5) is 22.6. The first kappa shape index (κ1) is 13.0. The second-order valence-electron chi connectivity index (χ2n) is 4.25. The van der Waals surface area contributed by atoms with Crippen LogP contribution in [0.15, 0.2) is 0 Å². The molecule has 0 radical (unpaired) electrons. The van der Waals surface area contributed by atoms with Crippen LogP contribution in [0.4, 0.5) is 0 Å². The van der Waals surface area contributed by atoms with Crippen molar-refractivity contribution in [1.82, 2.24) is 5.32 Å². The Balaban J connectivity index is 2.50. The number of amides is 1. The number of carboxylic acids is 1. The van der Waals surface area contributed by atoms with E-state index in [1.165, 1.54) is 0 Å². The number of nitrogens with one attached hydrogen (secondary N) is 1. The smallest absolute Gasteiger partial charge is 0.326 e. The van der Waals surface area contributed by atoms with Gasteiger partial charge in [0, 0.05) is 6.61 Å². The van der Waals surface area contributed by atoms with Crippen molar-refractivity contribution in [3.8, 4) is 0 Å². The summed E-state index contributed by atoms with van der Waals surface area (Å²) < 4.78 is 5.28. The molecule has 0 aromatic rings. The molecule has 1 aliphatic rings. The number of rotatable bonds is 5. The third-order valence-electron chi connectivity index (χ3n) is 2.84. The largest absolute Gasteiger partial charge is 0.480 e. The minimum atomic E-state index is -0.985. The van der Waals surface area contributed by atoms with E-state index in [0.29, 0.717) is 13.0 Å². The highest BCUT2D eigenvalue weighted by Crippen LogP contribution is 2.20. The zero-order valence-electron chi connectivity index (χ0n) is 9.73. The molecule has 1 aliphatic heterocycles. The summed E-state index contributed by atoms with van der Waals surface area (Å²) in [6.45, 7) is 4.40. The molecule has 1 rings (SSSR count). The van der Waals surface area contributed by atoms with Gasteiger partial charge in [0.2, 0.25) is 5.91 Å². The van der Waals surface area contributed by atoms with Crippen molar-refractivity contribution in [3.05, 3.63) is 0 Å². The van der Waals surface area contributed by atoms with Gasteiger partial charge in [-0.3, -0.25) is 4.79 Å². The van der Waals surface area contributed by atoms with Gasteiger partial charge in [0.1, 0.15) is 12.1 Å². The summed E-state index contributed by atoms with van der Waals surface area (Å²) in [5.74, 6) is -1.12. The number of aliphatic carboxylic acids is 1. The van der Waals surface area contributed by atoms with E-state index in [9.17, 15) is 9.59 Å². The first-order chi connectivity index (χ1) is 7.56. The highest BCUT2D eigenvalue weighted by molar-refractivity contribution is 5.86. The van der Waals surface area contributed by atoms with E-state index in [0.717, 1.165) is 12.8 Å². The Kier molecular flexibility index (Phi) is 4.73. The molecule has 1 saturated heterocycles. The molecule has 1 amide bonds. The summed E-state index contributed by atoms with van der Waals surface area (Å²) in [6, 6.07) is -0.797. The van der Waals surface area contributed by atoms with Crippen molar-refractivity contribution in [2.75, 3.05) is 6.61 Å². The molecule has 2 unspecified atom stereocenters. The van der Waals surface area contributed by atoms with Gasteiger partial charge in [-0.15, -0.1) is 0 Å².